The van der Waals surface area contributed by atoms with E-state index >= 15 is 0 Å². The van der Waals surface area contributed by atoms with Crippen molar-refractivity contribution in [3.8, 4) is 0 Å². The average molecular weight is 269 g/mol. The molecule has 0 saturated heterocycles. The first-order chi connectivity index (χ1) is 9.63. The zero-order valence-corrected chi connectivity index (χ0v) is 11.3. The van der Waals surface area contributed by atoms with E-state index in [1.54, 1.807) is 6.07 Å². The minimum atomic E-state index is -0.247. The third kappa shape index (κ3) is 2.32. The molecule has 0 aliphatic carbocycles. The van der Waals surface area contributed by atoms with Gasteiger partial charge < -0.3 is 14.2 Å². The molecule has 1 amide bonds. The first-order valence-corrected chi connectivity index (χ1v) is 6.49. The molecule has 0 saturated carbocycles. The third-order valence-electron chi connectivity index (χ3n) is 3.18. The van der Waals surface area contributed by atoms with E-state index < -0.39 is 0 Å². The van der Waals surface area contributed by atoms with Crippen LogP contribution in [0.15, 0.2) is 51.3 Å². The van der Waals surface area contributed by atoms with Crippen LogP contribution in [-0.4, -0.2) is 5.91 Å². The van der Waals surface area contributed by atoms with Crippen LogP contribution in [0.3, 0.4) is 0 Å². The number of hydrogen-bond donors (Lipinski definition) is 1. The van der Waals surface area contributed by atoms with E-state index in [1.807, 2.05) is 50.2 Å². The van der Waals surface area contributed by atoms with Crippen LogP contribution in [0.1, 0.15) is 35.0 Å². The first kappa shape index (κ1) is 12.5. The quantitative estimate of drug-likeness (QED) is 0.786. The Morgan fingerprint density at radius 3 is 2.65 bits per heavy atom. The molecule has 0 spiro atoms. The Labute approximate surface area is 116 Å². The average Bonchev–Trinajstić information content (AvgIpc) is 3.04. The van der Waals surface area contributed by atoms with Crippen LogP contribution in [0.2, 0.25) is 0 Å². The van der Waals surface area contributed by atoms with Gasteiger partial charge in [0.05, 0.1) is 6.04 Å². The van der Waals surface area contributed by atoms with Gasteiger partial charge in [0.15, 0.2) is 5.76 Å². The fraction of sp³-hybridized carbons (Fsp3) is 0.188. The molecule has 2 aromatic heterocycles. The maximum Gasteiger partial charge on any atom is 0.287 e. The summed E-state index contributed by atoms with van der Waals surface area (Å²) in [6.45, 7) is 3.75. The van der Waals surface area contributed by atoms with E-state index in [0.717, 1.165) is 16.9 Å². The maximum atomic E-state index is 12.2. The second kappa shape index (κ2) is 4.89. The van der Waals surface area contributed by atoms with Gasteiger partial charge in [-0.3, -0.25) is 4.79 Å². The monoisotopic (exact) mass is 269 g/mol. The number of fused-ring (bicyclic) bond motifs is 1. The minimum absolute atomic E-state index is 0.204. The van der Waals surface area contributed by atoms with Gasteiger partial charge >= 0.3 is 0 Å². The Balaban J connectivity index is 1.78. The molecular weight excluding hydrogens is 254 g/mol. The van der Waals surface area contributed by atoms with Gasteiger partial charge in [0.1, 0.15) is 17.1 Å². The highest BCUT2D eigenvalue weighted by Gasteiger charge is 2.17. The smallest absolute Gasteiger partial charge is 0.287 e. The van der Waals surface area contributed by atoms with Crippen molar-refractivity contribution in [3.63, 3.8) is 0 Å². The molecule has 1 unspecified atom stereocenters. The van der Waals surface area contributed by atoms with Crippen molar-refractivity contribution in [3.05, 3.63) is 59.7 Å². The minimum Gasteiger partial charge on any atom is -0.464 e. The lowest BCUT2D eigenvalue weighted by Crippen LogP contribution is -2.25. The van der Waals surface area contributed by atoms with Gasteiger partial charge in [0.2, 0.25) is 0 Å². The number of benzene rings is 1. The SMILES string of the molecule is Cc1ccc(C(C)NC(=O)c2cc3ccccc3o2)o1. The van der Waals surface area contributed by atoms with Gasteiger partial charge in [0, 0.05) is 5.39 Å². The highest BCUT2D eigenvalue weighted by Crippen LogP contribution is 2.20. The van der Waals surface area contributed by atoms with Gasteiger partial charge in [0.25, 0.3) is 5.91 Å². The highest BCUT2D eigenvalue weighted by molar-refractivity contribution is 5.96. The Morgan fingerprint density at radius 1 is 1.15 bits per heavy atom. The van der Waals surface area contributed by atoms with Gasteiger partial charge in [-0.1, -0.05) is 18.2 Å². The largest absolute Gasteiger partial charge is 0.464 e. The summed E-state index contributed by atoms with van der Waals surface area (Å²) >= 11 is 0. The third-order valence-corrected chi connectivity index (χ3v) is 3.18. The zero-order chi connectivity index (χ0) is 14.1. The summed E-state index contributed by atoms with van der Waals surface area (Å²) in [4.78, 5) is 12.2. The summed E-state index contributed by atoms with van der Waals surface area (Å²) in [6, 6.07) is 12.8. The molecule has 0 aliphatic rings. The maximum absolute atomic E-state index is 12.2. The molecule has 0 radical (unpaired) electrons. The number of rotatable bonds is 3. The predicted molar refractivity (Wildman–Crippen MR) is 75.5 cm³/mol. The van der Waals surface area contributed by atoms with Crippen molar-refractivity contribution in [2.45, 2.75) is 19.9 Å². The van der Waals surface area contributed by atoms with Gasteiger partial charge in [-0.25, -0.2) is 0 Å². The molecule has 2 heterocycles. The Morgan fingerprint density at radius 2 is 1.95 bits per heavy atom. The number of carbonyl (C=O) groups is 1. The fourth-order valence-electron chi connectivity index (χ4n) is 2.12. The number of nitrogens with one attached hydrogen (secondary N) is 1. The molecule has 0 bridgehead atoms. The summed E-state index contributed by atoms with van der Waals surface area (Å²) in [5.41, 5.74) is 0.708. The molecule has 3 aromatic rings. The summed E-state index contributed by atoms with van der Waals surface area (Å²) < 4.78 is 11.0. The van der Waals surface area contributed by atoms with E-state index in [9.17, 15) is 4.79 Å². The van der Waals surface area contributed by atoms with Crippen molar-refractivity contribution < 1.29 is 13.6 Å². The summed E-state index contributed by atoms with van der Waals surface area (Å²) in [5, 5.41) is 3.78. The molecule has 0 aliphatic heterocycles. The molecule has 0 fully saturated rings. The van der Waals surface area contributed by atoms with E-state index in [2.05, 4.69) is 5.32 Å². The van der Waals surface area contributed by atoms with Crippen molar-refractivity contribution in [2.24, 2.45) is 0 Å². The number of amides is 1. The number of para-hydroxylation sites is 1. The molecule has 4 heteroatoms. The number of carbonyl (C=O) groups excluding carboxylic acids is 1. The lowest BCUT2D eigenvalue weighted by molar-refractivity contribution is 0.0909. The molecule has 1 atom stereocenters. The van der Waals surface area contributed by atoms with Gasteiger partial charge in [-0.15, -0.1) is 0 Å². The fourth-order valence-corrected chi connectivity index (χ4v) is 2.12. The lowest BCUT2D eigenvalue weighted by atomic mass is 10.2. The second-order valence-electron chi connectivity index (χ2n) is 4.79. The normalized spacial score (nSPS) is 12.5. The Kier molecular flexibility index (Phi) is 3.06. The van der Waals surface area contributed by atoms with Crippen LogP contribution in [-0.2, 0) is 0 Å². The molecule has 4 nitrogen and oxygen atoms in total. The van der Waals surface area contributed by atoms with Crippen LogP contribution < -0.4 is 5.32 Å². The van der Waals surface area contributed by atoms with Crippen LogP contribution in [0.5, 0.6) is 0 Å². The van der Waals surface area contributed by atoms with Crippen molar-refractivity contribution in [2.75, 3.05) is 0 Å². The van der Waals surface area contributed by atoms with Crippen LogP contribution in [0, 0.1) is 6.92 Å². The highest BCUT2D eigenvalue weighted by atomic mass is 16.4. The summed E-state index contributed by atoms with van der Waals surface area (Å²) in [5.74, 6) is 1.61. The molecule has 102 valence electrons. The standard InChI is InChI=1S/C16H15NO3/c1-10-7-8-13(19-10)11(2)17-16(18)15-9-12-5-3-4-6-14(12)20-15/h3-9,11H,1-2H3,(H,17,18). The van der Waals surface area contributed by atoms with E-state index in [-0.39, 0.29) is 11.9 Å². The molecule has 3 rings (SSSR count). The van der Waals surface area contributed by atoms with Crippen molar-refractivity contribution >= 4 is 16.9 Å². The molecule has 20 heavy (non-hydrogen) atoms. The van der Waals surface area contributed by atoms with Gasteiger partial charge in [-0.2, -0.15) is 0 Å². The lowest BCUT2D eigenvalue weighted by Gasteiger charge is -2.09. The number of hydrogen-bond acceptors (Lipinski definition) is 3. The number of furan rings is 2. The van der Waals surface area contributed by atoms with Crippen LogP contribution >= 0.6 is 0 Å². The van der Waals surface area contributed by atoms with Crippen molar-refractivity contribution in [1.82, 2.24) is 5.32 Å². The zero-order valence-electron chi connectivity index (χ0n) is 11.3. The summed E-state index contributed by atoms with van der Waals surface area (Å²) in [7, 11) is 0. The van der Waals surface area contributed by atoms with E-state index in [0.29, 0.717) is 11.3 Å². The van der Waals surface area contributed by atoms with Crippen LogP contribution in [0.25, 0.3) is 11.0 Å². The predicted octanol–water partition coefficient (Wildman–Crippen LogP) is 3.83. The second-order valence-corrected chi connectivity index (χ2v) is 4.79. The van der Waals surface area contributed by atoms with E-state index in [4.69, 9.17) is 8.83 Å². The molecule has 1 aromatic carbocycles. The molecular formula is C16H15NO3. The van der Waals surface area contributed by atoms with Crippen LogP contribution in [0.4, 0.5) is 0 Å². The molecule has 1 N–H and O–H groups in total. The van der Waals surface area contributed by atoms with Crippen molar-refractivity contribution in [1.29, 1.82) is 0 Å². The van der Waals surface area contributed by atoms with Gasteiger partial charge in [-0.05, 0) is 38.1 Å². The number of aryl methyl sites for hydroxylation is 1. The van der Waals surface area contributed by atoms with E-state index in [1.165, 1.54) is 0 Å². The topological polar surface area (TPSA) is 55.4 Å². The first-order valence-electron chi connectivity index (χ1n) is 6.49. The Hall–Kier alpha value is -2.49. The summed E-state index contributed by atoms with van der Waals surface area (Å²) in [6.07, 6.45) is 0. The Bertz CT molecular complexity index is 721.